The van der Waals surface area contributed by atoms with Gasteiger partial charge in [0.15, 0.2) is 7.14 Å². The molecule has 0 atom stereocenters. The zero-order chi connectivity index (χ0) is 64.2. The highest BCUT2D eigenvalue weighted by Crippen LogP contribution is 2.78. The molecule has 10 heteroatoms. The summed E-state index contributed by atoms with van der Waals surface area (Å²) >= 11 is 7.26. The Balaban J connectivity index is 1.17. The number of allylic oxidation sites excluding steroid dienone is 2. The Morgan fingerprint density at radius 2 is 0.478 bits per heavy atom. The van der Waals surface area contributed by atoms with Gasteiger partial charge in [-0.15, -0.1) is 45.3 Å². The van der Waals surface area contributed by atoms with Crippen LogP contribution in [0.3, 0.4) is 0 Å². The molecule has 5 aromatic carbocycles. The van der Waals surface area contributed by atoms with Gasteiger partial charge >= 0.3 is 0 Å². The highest BCUT2D eigenvalue weighted by Gasteiger charge is 2.48. The number of rotatable bonds is 37. The Morgan fingerprint density at radius 1 is 0.261 bits per heavy atom. The van der Waals surface area contributed by atoms with E-state index in [9.17, 15) is 0 Å². The Bertz CT molecular complexity index is 3550. The summed E-state index contributed by atoms with van der Waals surface area (Å²) in [5.74, 6) is 0. The van der Waals surface area contributed by atoms with Gasteiger partial charge in [-0.3, -0.25) is 0 Å². The smallest absolute Gasteiger partial charge is 0.175 e. The fraction of sp³-hybridized carbons (Fsp3) is 0.390. The van der Waals surface area contributed by atoms with Crippen LogP contribution >= 0.6 is 52.5 Å². The molecule has 0 spiro atoms. The molecule has 0 radical (unpaired) electrons. The van der Waals surface area contributed by atoms with Crippen LogP contribution in [-0.2, 0) is 4.57 Å². The zero-order valence-electron chi connectivity index (χ0n) is 56.5. The van der Waals surface area contributed by atoms with Crippen LogP contribution < -0.4 is 24.9 Å². The molecular weight excluding hydrogens is 1220 g/mol. The Labute approximate surface area is 570 Å². The zero-order valence-corrected chi connectivity index (χ0v) is 60.7. The maximum Gasteiger partial charge on any atom is 0.175 e. The van der Waals surface area contributed by atoms with E-state index in [0.29, 0.717) is 0 Å². The quantitative estimate of drug-likeness (QED) is 0.0362. The van der Waals surface area contributed by atoms with Crippen molar-refractivity contribution in [1.29, 1.82) is 0 Å². The molecule has 0 fully saturated rings. The van der Waals surface area contributed by atoms with E-state index in [4.69, 9.17) is 0 Å². The summed E-state index contributed by atoms with van der Waals surface area (Å²) in [5.41, 5.74) is 12.1. The van der Waals surface area contributed by atoms with Gasteiger partial charge in [0.1, 0.15) is 0 Å². The third kappa shape index (κ3) is 16.3. The fourth-order valence-corrected chi connectivity index (χ4v) is 21.2. The average Bonchev–Trinajstić information content (AvgIpc) is 1.54. The number of hydrogen-bond acceptors (Lipinski definition) is 9. The average molecular weight is 1320 g/mol. The standard InChI is InChI=1S/C82H101N4OPS4/c1-9-17-54-83(55-18-10-2)66-38-30-62(31-39-66)71-46-50-75(89-71)79-80(76-51-47-72(90-76)63-32-40-67(41-33-63)84(56-19-11-3)57-20-12-4)82(78-53-49-74(92-78)65-36-44-69(45-37-65)86(60-23-15-7)61-24-16-8)88(87,70-28-26-25-27-29-70)81(79)77-52-48-73(91-77)64-34-42-68(43-35-64)85(58-21-13-5)59-22-14-6/h25-53H,9-24,54-61H2,1-8H3. The van der Waals surface area contributed by atoms with Gasteiger partial charge in [0, 0.05) is 141 Å². The number of thiophene rings is 4. The SMILES string of the molecule is CCCCN(CCCC)c1ccc(-c2ccc(C3=C(c4ccc(-c5ccc(N(CCCC)CCCC)cc5)s4)P(=O)(c4ccccc4)C(c4ccc(-c5ccc(N(CCCC)CCCC)cc5)s4)=C3c3ccc(-c4ccc(N(CCCC)CCCC)cc4)s3)s2)cc1. The van der Waals surface area contributed by atoms with E-state index < -0.39 is 7.14 Å². The van der Waals surface area contributed by atoms with Crippen LogP contribution in [0, 0.1) is 0 Å². The van der Waals surface area contributed by atoms with Crippen molar-refractivity contribution in [2.24, 2.45) is 0 Å². The second kappa shape index (κ2) is 34.3. The van der Waals surface area contributed by atoms with Gasteiger partial charge in [0.2, 0.25) is 0 Å². The minimum absolute atomic E-state index is 0.862. The number of unbranched alkanes of at least 4 members (excludes halogenated alkanes) is 8. The lowest BCUT2D eigenvalue weighted by atomic mass is 10.0. The minimum atomic E-state index is -3.70. The van der Waals surface area contributed by atoms with Gasteiger partial charge in [-0.1, -0.05) is 186 Å². The maximum absolute atomic E-state index is 18.3. The van der Waals surface area contributed by atoms with Crippen LogP contribution in [0.2, 0.25) is 0 Å². The first-order valence-electron chi connectivity index (χ1n) is 35.2. The van der Waals surface area contributed by atoms with Gasteiger partial charge in [0.05, 0.1) is 0 Å². The molecule has 0 bridgehead atoms. The highest BCUT2D eigenvalue weighted by molar-refractivity contribution is 7.92. The van der Waals surface area contributed by atoms with E-state index in [1.165, 1.54) is 167 Å². The first-order valence-corrected chi connectivity index (χ1v) is 40.1. The lowest BCUT2D eigenvalue weighted by Gasteiger charge is -2.25. The first-order chi connectivity index (χ1) is 45.2. The van der Waals surface area contributed by atoms with Crippen molar-refractivity contribution in [2.45, 2.75) is 158 Å². The van der Waals surface area contributed by atoms with Crippen molar-refractivity contribution in [1.82, 2.24) is 0 Å². The van der Waals surface area contributed by atoms with Crippen molar-refractivity contribution in [3.8, 4) is 41.8 Å². The maximum atomic E-state index is 18.3. The van der Waals surface area contributed by atoms with Gasteiger partial charge < -0.3 is 24.2 Å². The van der Waals surface area contributed by atoms with Crippen molar-refractivity contribution in [3.05, 3.63) is 195 Å². The molecule has 9 aromatic rings. The molecule has 0 N–H and O–H groups in total. The third-order valence-electron chi connectivity index (χ3n) is 18.2. The van der Waals surface area contributed by atoms with Gasteiger partial charge in [0.25, 0.3) is 0 Å². The summed E-state index contributed by atoms with van der Waals surface area (Å²) < 4.78 is 18.3. The second-order valence-electron chi connectivity index (χ2n) is 25.0. The third-order valence-corrected chi connectivity index (χ3v) is 26.3. The summed E-state index contributed by atoms with van der Waals surface area (Å²) in [6.07, 6.45) is 18.9. The molecule has 92 heavy (non-hydrogen) atoms. The second-order valence-corrected chi connectivity index (χ2v) is 32.0. The summed E-state index contributed by atoms with van der Waals surface area (Å²) in [5, 5.41) is 2.74. The van der Waals surface area contributed by atoms with Gasteiger partial charge in [-0.2, -0.15) is 0 Å². The predicted octanol–water partition coefficient (Wildman–Crippen LogP) is 25.4. The summed E-state index contributed by atoms with van der Waals surface area (Å²) in [4.78, 5) is 19.4. The Kier molecular flexibility index (Phi) is 25.6. The van der Waals surface area contributed by atoms with Crippen molar-refractivity contribution < 1.29 is 4.57 Å². The van der Waals surface area contributed by atoms with Crippen molar-refractivity contribution in [3.63, 3.8) is 0 Å². The molecule has 0 saturated heterocycles. The van der Waals surface area contributed by atoms with Gasteiger partial charge in [-0.25, -0.2) is 0 Å². The largest absolute Gasteiger partial charge is 0.372 e. The topological polar surface area (TPSA) is 30.0 Å². The molecule has 0 unspecified atom stereocenters. The molecule has 5 heterocycles. The molecule has 10 rings (SSSR count). The first kappa shape index (κ1) is 68.7. The number of anilines is 4. The van der Waals surface area contributed by atoms with E-state index in [1.807, 2.05) is 22.7 Å². The predicted molar refractivity (Wildman–Crippen MR) is 414 cm³/mol. The van der Waals surface area contributed by atoms with E-state index in [-0.39, 0.29) is 0 Å². The van der Waals surface area contributed by atoms with Crippen LogP contribution in [0.1, 0.15) is 178 Å². The molecule has 484 valence electrons. The highest BCUT2D eigenvalue weighted by atomic mass is 32.1. The number of benzene rings is 5. The lowest BCUT2D eigenvalue weighted by molar-refractivity contribution is 0.593. The van der Waals surface area contributed by atoms with E-state index in [2.05, 4.69) is 251 Å². The van der Waals surface area contributed by atoms with E-state index >= 15 is 4.57 Å². The monoisotopic (exact) mass is 1320 g/mol. The van der Waals surface area contributed by atoms with Crippen molar-refractivity contribution >= 4 is 102 Å². The lowest BCUT2D eigenvalue weighted by Crippen LogP contribution is -2.25. The van der Waals surface area contributed by atoms with E-state index in [1.54, 1.807) is 22.7 Å². The summed E-state index contributed by atoms with van der Waals surface area (Å²) in [6, 6.07) is 66.3. The van der Waals surface area contributed by atoms with Gasteiger partial charge in [-0.05, 0) is 171 Å². The van der Waals surface area contributed by atoms with Crippen LogP contribution in [-0.4, -0.2) is 52.4 Å². The summed E-state index contributed by atoms with van der Waals surface area (Å²) in [7, 11) is -3.70. The van der Waals surface area contributed by atoms with Crippen molar-refractivity contribution in [2.75, 3.05) is 72.0 Å². The molecule has 1 aliphatic rings. The number of nitrogens with zero attached hydrogens (tertiary/aromatic N) is 4. The Morgan fingerprint density at radius 3 is 0.717 bits per heavy atom. The summed E-state index contributed by atoms with van der Waals surface area (Å²) in [6.45, 7) is 26.9. The molecule has 0 saturated carbocycles. The van der Waals surface area contributed by atoms with Crippen LogP contribution in [0.15, 0.2) is 176 Å². The van der Waals surface area contributed by atoms with Crippen LogP contribution in [0.4, 0.5) is 22.7 Å². The molecule has 5 nitrogen and oxygen atoms in total. The van der Waals surface area contributed by atoms with Crippen LogP contribution in [0.25, 0.3) is 63.5 Å². The Hall–Kier alpha value is -6.19. The molecule has 0 aliphatic carbocycles. The minimum Gasteiger partial charge on any atom is -0.372 e. The van der Waals surface area contributed by atoms with E-state index in [0.717, 1.165) is 98.9 Å². The molecule has 0 amide bonds. The number of hydrogen-bond donors (Lipinski definition) is 0. The van der Waals surface area contributed by atoms with Crippen LogP contribution in [0.5, 0.6) is 0 Å². The molecule has 1 aliphatic heterocycles. The molecular formula is C82H101N4OPS4. The fourth-order valence-electron chi connectivity index (χ4n) is 12.7. The normalized spacial score (nSPS) is 13.0. The molecule has 4 aromatic heterocycles.